The highest BCUT2D eigenvalue weighted by Crippen LogP contribution is 2.51. The van der Waals surface area contributed by atoms with Crippen LogP contribution >= 0.6 is 0 Å². The summed E-state index contributed by atoms with van der Waals surface area (Å²) in [6.45, 7) is 0. The number of fused-ring (bicyclic) bond motifs is 3. The van der Waals surface area contributed by atoms with Crippen LogP contribution in [0.4, 0.5) is 9.18 Å². The van der Waals surface area contributed by atoms with Crippen molar-refractivity contribution in [3.63, 3.8) is 0 Å². The van der Waals surface area contributed by atoms with Gasteiger partial charge in [0.25, 0.3) is 5.91 Å². The van der Waals surface area contributed by atoms with Gasteiger partial charge < -0.3 is 5.32 Å². The Hall–Kier alpha value is -2.69. The van der Waals surface area contributed by atoms with Gasteiger partial charge in [0.1, 0.15) is 5.82 Å². The lowest BCUT2D eigenvalue weighted by molar-refractivity contribution is 0.0958. The van der Waals surface area contributed by atoms with E-state index in [0.29, 0.717) is 11.8 Å². The number of amides is 3. The van der Waals surface area contributed by atoms with E-state index in [1.807, 2.05) is 12.1 Å². The number of nitrogens with one attached hydrogen (secondary N) is 2. The molecule has 26 heavy (non-hydrogen) atoms. The fourth-order valence-corrected chi connectivity index (χ4v) is 4.49. The molecule has 0 radical (unpaired) electrons. The molecule has 3 atom stereocenters. The molecule has 2 aliphatic carbocycles. The summed E-state index contributed by atoms with van der Waals surface area (Å²) in [6, 6.07) is 13.2. The highest BCUT2D eigenvalue weighted by atomic mass is 19.1. The molecule has 2 aromatic rings. The zero-order valence-corrected chi connectivity index (χ0v) is 14.4. The fourth-order valence-electron chi connectivity index (χ4n) is 4.49. The quantitative estimate of drug-likeness (QED) is 0.847. The summed E-state index contributed by atoms with van der Waals surface area (Å²) in [6.07, 6.45) is 4.56. The van der Waals surface area contributed by atoms with Crippen LogP contribution in [0.5, 0.6) is 0 Å². The summed E-state index contributed by atoms with van der Waals surface area (Å²) in [7, 11) is 0. The van der Waals surface area contributed by atoms with Gasteiger partial charge in [-0.25, -0.2) is 9.18 Å². The summed E-state index contributed by atoms with van der Waals surface area (Å²) < 4.78 is 13.7. The number of carbonyl (C=O) groups is 2. The number of halogens is 1. The Morgan fingerprint density at radius 2 is 1.62 bits per heavy atom. The van der Waals surface area contributed by atoms with Gasteiger partial charge in [0.05, 0.1) is 11.6 Å². The third-order valence-electron chi connectivity index (χ3n) is 5.61. The average Bonchev–Trinajstić information content (AvgIpc) is 2.96. The van der Waals surface area contributed by atoms with E-state index in [4.69, 9.17) is 0 Å². The van der Waals surface area contributed by atoms with Gasteiger partial charge in [0, 0.05) is 0 Å². The molecule has 2 N–H and O–H groups in total. The van der Waals surface area contributed by atoms with Gasteiger partial charge in [-0.15, -0.1) is 0 Å². The first-order valence-electron chi connectivity index (χ1n) is 9.10. The van der Waals surface area contributed by atoms with Gasteiger partial charge in [0.15, 0.2) is 0 Å². The molecule has 2 aliphatic rings. The first-order valence-corrected chi connectivity index (χ1v) is 9.10. The number of rotatable bonds is 2. The van der Waals surface area contributed by atoms with Gasteiger partial charge in [-0.05, 0) is 47.9 Å². The molecule has 0 heterocycles. The van der Waals surface area contributed by atoms with Gasteiger partial charge in [-0.2, -0.15) is 0 Å². The molecule has 134 valence electrons. The van der Waals surface area contributed by atoms with Crippen LogP contribution < -0.4 is 10.6 Å². The Morgan fingerprint density at radius 3 is 2.42 bits per heavy atom. The number of carbonyl (C=O) groups excluding carboxylic acids is 2. The lowest BCUT2D eigenvalue weighted by Crippen LogP contribution is -2.43. The zero-order chi connectivity index (χ0) is 18.1. The van der Waals surface area contributed by atoms with E-state index in [9.17, 15) is 14.0 Å². The second kappa shape index (κ2) is 6.90. The molecule has 0 saturated heterocycles. The molecule has 1 saturated carbocycles. The van der Waals surface area contributed by atoms with Gasteiger partial charge in [0.2, 0.25) is 0 Å². The summed E-state index contributed by atoms with van der Waals surface area (Å²) >= 11 is 0. The molecule has 0 spiro atoms. The normalized spacial score (nSPS) is 23.7. The predicted octanol–water partition coefficient (Wildman–Crippen LogP) is 4.29. The molecular weight excluding hydrogens is 331 g/mol. The van der Waals surface area contributed by atoms with E-state index in [-0.39, 0.29) is 11.6 Å². The maximum absolute atomic E-state index is 13.7. The highest BCUT2D eigenvalue weighted by molar-refractivity contribution is 6.04. The minimum Gasteiger partial charge on any atom is -0.331 e. The number of hydrogen-bond donors (Lipinski definition) is 2. The molecular formula is C21H21FN2O2. The van der Waals surface area contributed by atoms with Crippen LogP contribution in [0.1, 0.15) is 59.1 Å². The van der Waals surface area contributed by atoms with Crippen LogP contribution in [0.2, 0.25) is 0 Å². The van der Waals surface area contributed by atoms with Crippen molar-refractivity contribution in [2.75, 3.05) is 0 Å². The van der Waals surface area contributed by atoms with Crippen LogP contribution in [0.15, 0.2) is 48.5 Å². The maximum atomic E-state index is 13.7. The minimum absolute atomic E-state index is 0.107. The van der Waals surface area contributed by atoms with Crippen molar-refractivity contribution in [1.29, 1.82) is 0 Å². The molecule has 3 unspecified atom stereocenters. The Bertz CT molecular complexity index is 851. The second-order valence-corrected chi connectivity index (χ2v) is 7.07. The molecule has 0 aliphatic heterocycles. The molecule has 4 rings (SSSR count). The van der Waals surface area contributed by atoms with Crippen molar-refractivity contribution in [1.82, 2.24) is 10.6 Å². The molecule has 1 fully saturated rings. The molecule has 4 nitrogen and oxygen atoms in total. The van der Waals surface area contributed by atoms with Crippen LogP contribution in [-0.4, -0.2) is 11.9 Å². The van der Waals surface area contributed by atoms with Crippen molar-refractivity contribution in [3.05, 3.63) is 71.0 Å². The first kappa shape index (κ1) is 16.8. The van der Waals surface area contributed by atoms with Crippen molar-refractivity contribution in [2.45, 2.75) is 37.6 Å². The number of hydrogen-bond acceptors (Lipinski definition) is 2. The number of imide groups is 1. The number of benzene rings is 2. The standard InChI is InChI=1S/C21H21FN2O2/c22-18-12-6-5-11-17(18)20(25)24-21(26)23-19-15-9-3-1-7-13(15)14-8-2-4-10-16(14)19/h1,3,5-7,9,11-12,14,16,19H,2,4,8,10H2,(H2,23,24,25,26). The van der Waals surface area contributed by atoms with Crippen LogP contribution in [0.25, 0.3) is 0 Å². The summed E-state index contributed by atoms with van der Waals surface area (Å²) in [5.74, 6) is -0.550. The van der Waals surface area contributed by atoms with E-state index in [1.165, 1.54) is 30.2 Å². The molecule has 0 bridgehead atoms. The predicted molar refractivity (Wildman–Crippen MR) is 96.3 cm³/mol. The molecule has 5 heteroatoms. The van der Waals surface area contributed by atoms with E-state index in [2.05, 4.69) is 22.8 Å². The van der Waals surface area contributed by atoms with Crippen LogP contribution in [-0.2, 0) is 0 Å². The lowest BCUT2D eigenvalue weighted by Gasteiger charge is -2.30. The van der Waals surface area contributed by atoms with Gasteiger partial charge in [-0.1, -0.05) is 49.2 Å². The third-order valence-corrected chi connectivity index (χ3v) is 5.61. The van der Waals surface area contributed by atoms with E-state index in [0.717, 1.165) is 24.8 Å². The van der Waals surface area contributed by atoms with Crippen LogP contribution in [0, 0.1) is 11.7 Å². The van der Waals surface area contributed by atoms with Crippen molar-refractivity contribution < 1.29 is 14.0 Å². The Labute approximate surface area is 151 Å². The largest absolute Gasteiger partial charge is 0.331 e. The second-order valence-electron chi connectivity index (χ2n) is 7.07. The fraction of sp³-hybridized carbons (Fsp3) is 0.333. The molecule has 3 amide bonds. The lowest BCUT2D eigenvalue weighted by atomic mass is 9.78. The van der Waals surface area contributed by atoms with E-state index in [1.54, 1.807) is 6.07 Å². The van der Waals surface area contributed by atoms with Gasteiger partial charge >= 0.3 is 6.03 Å². The first-order chi connectivity index (χ1) is 12.6. The average molecular weight is 352 g/mol. The molecule has 2 aromatic carbocycles. The van der Waals surface area contributed by atoms with Crippen molar-refractivity contribution in [3.8, 4) is 0 Å². The van der Waals surface area contributed by atoms with Gasteiger partial charge in [-0.3, -0.25) is 10.1 Å². The Kier molecular flexibility index (Phi) is 4.45. The van der Waals surface area contributed by atoms with E-state index < -0.39 is 17.8 Å². The Morgan fingerprint density at radius 1 is 0.923 bits per heavy atom. The summed E-state index contributed by atoms with van der Waals surface area (Å²) in [5, 5.41) is 5.22. The monoisotopic (exact) mass is 352 g/mol. The Balaban J connectivity index is 1.50. The van der Waals surface area contributed by atoms with Crippen molar-refractivity contribution >= 4 is 11.9 Å². The van der Waals surface area contributed by atoms with Crippen molar-refractivity contribution in [2.24, 2.45) is 5.92 Å². The highest BCUT2D eigenvalue weighted by Gasteiger charge is 2.42. The SMILES string of the molecule is O=C(NC(=O)c1ccccc1F)NC1c2ccccc2C2CCCCC21. The van der Waals surface area contributed by atoms with Crippen LogP contribution in [0.3, 0.4) is 0 Å². The third kappa shape index (κ3) is 2.98. The summed E-state index contributed by atoms with van der Waals surface area (Å²) in [4.78, 5) is 24.6. The summed E-state index contributed by atoms with van der Waals surface area (Å²) in [5.41, 5.74) is 2.31. The molecule has 0 aromatic heterocycles. The smallest absolute Gasteiger partial charge is 0.322 e. The number of urea groups is 1. The topological polar surface area (TPSA) is 58.2 Å². The maximum Gasteiger partial charge on any atom is 0.322 e. The zero-order valence-electron chi connectivity index (χ0n) is 14.4. The van der Waals surface area contributed by atoms with E-state index >= 15 is 0 Å². The minimum atomic E-state index is -0.730.